The summed E-state index contributed by atoms with van der Waals surface area (Å²) >= 11 is 11.6. The van der Waals surface area contributed by atoms with Crippen molar-refractivity contribution in [2.24, 2.45) is 0 Å². The van der Waals surface area contributed by atoms with E-state index >= 15 is 0 Å². The van der Waals surface area contributed by atoms with Gasteiger partial charge in [0.15, 0.2) is 5.75 Å². The first-order valence-corrected chi connectivity index (χ1v) is 3.94. The van der Waals surface area contributed by atoms with Crippen molar-refractivity contribution in [3.05, 3.63) is 27.7 Å². The van der Waals surface area contributed by atoms with Crippen LogP contribution in [-0.2, 0) is 0 Å². The van der Waals surface area contributed by atoms with Gasteiger partial charge in [-0.15, -0.1) is 6.42 Å². The molecular weight excluding hydrogens is 195 g/mol. The molecule has 0 aliphatic carbocycles. The van der Waals surface area contributed by atoms with E-state index in [1.165, 1.54) is 7.11 Å². The summed E-state index contributed by atoms with van der Waals surface area (Å²) in [4.78, 5) is 0. The molecule has 3 heteroatoms. The van der Waals surface area contributed by atoms with Crippen LogP contribution in [0.4, 0.5) is 0 Å². The van der Waals surface area contributed by atoms with Gasteiger partial charge in [0.2, 0.25) is 0 Å². The van der Waals surface area contributed by atoms with E-state index in [4.69, 9.17) is 34.4 Å². The Hall–Kier alpha value is -0.840. The number of ether oxygens (including phenoxy) is 1. The van der Waals surface area contributed by atoms with Gasteiger partial charge < -0.3 is 4.74 Å². The van der Waals surface area contributed by atoms with E-state index in [1.807, 2.05) is 0 Å². The Morgan fingerprint density at radius 3 is 2.17 bits per heavy atom. The molecule has 0 aliphatic heterocycles. The number of hydrogen-bond donors (Lipinski definition) is 0. The van der Waals surface area contributed by atoms with E-state index in [0.717, 1.165) is 0 Å². The molecule has 0 amide bonds. The number of halogens is 2. The molecular formula is C9H6Cl2O. The smallest absolute Gasteiger partial charge is 0.156 e. The summed E-state index contributed by atoms with van der Waals surface area (Å²) in [5.41, 5.74) is 0.644. The molecule has 0 aromatic heterocycles. The fourth-order valence-electron chi connectivity index (χ4n) is 0.838. The molecule has 0 saturated heterocycles. The third kappa shape index (κ3) is 1.66. The predicted molar refractivity (Wildman–Crippen MR) is 50.9 cm³/mol. The van der Waals surface area contributed by atoms with Gasteiger partial charge in [-0.25, -0.2) is 0 Å². The Kier molecular flexibility index (Phi) is 2.86. The molecule has 0 unspecified atom stereocenters. The first kappa shape index (κ1) is 9.25. The predicted octanol–water partition coefficient (Wildman–Crippen LogP) is 2.98. The van der Waals surface area contributed by atoms with Crippen LogP contribution in [0.25, 0.3) is 0 Å². The number of hydrogen-bond acceptors (Lipinski definition) is 1. The van der Waals surface area contributed by atoms with E-state index in [2.05, 4.69) is 5.92 Å². The van der Waals surface area contributed by atoms with Crippen LogP contribution in [0.3, 0.4) is 0 Å². The van der Waals surface area contributed by atoms with Crippen molar-refractivity contribution in [1.29, 1.82) is 0 Å². The molecule has 1 rings (SSSR count). The van der Waals surface area contributed by atoms with Gasteiger partial charge in [0.1, 0.15) is 0 Å². The van der Waals surface area contributed by atoms with Gasteiger partial charge in [0.25, 0.3) is 0 Å². The summed E-state index contributed by atoms with van der Waals surface area (Å²) < 4.78 is 4.94. The zero-order chi connectivity index (χ0) is 9.14. The van der Waals surface area contributed by atoms with Gasteiger partial charge in [0, 0.05) is 5.56 Å². The number of rotatable bonds is 1. The van der Waals surface area contributed by atoms with Crippen LogP contribution < -0.4 is 4.74 Å². The van der Waals surface area contributed by atoms with E-state index in [9.17, 15) is 0 Å². The van der Waals surface area contributed by atoms with Crippen molar-refractivity contribution in [2.75, 3.05) is 7.11 Å². The Morgan fingerprint density at radius 2 is 1.83 bits per heavy atom. The lowest BCUT2D eigenvalue weighted by atomic mass is 10.2. The summed E-state index contributed by atoms with van der Waals surface area (Å²) in [6.07, 6.45) is 5.17. The Bertz CT molecular complexity index is 316. The van der Waals surface area contributed by atoms with Crippen molar-refractivity contribution >= 4 is 23.2 Å². The molecule has 62 valence electrons. The van der Waals surface area contributed by atoms with Gasteiger partial charge in [-0.3, -0.25) is 0 Å². The van der Waals surface area contributed by atoms with Crippen LogP contribution in [0.2, 0.25) is 10.0 Å². The quantitative estimate of drug-likeness (QED) is 0.634. The van der Waals surface area contributed by atoms with Crippen molar-refractivity contribution < 1.29 is 4.74 Å². The van der Waals surface area contributed by atoms with E-state index in [-0.39, 0.29) is 0 Å². The highest BCUT2D eigenvalue weighted by Crippen LogP contribution is 2.33. The van der Waals surface area contributed by atoms with Crippen molar-refractivity contribution in [2.45, 2.75) is 0 Å². The first-order valence-electron chi connectivity index (χ1n) is 3.18. The molecule has 1 aromatic rings. The van der Waals surface area contributed by atoms with E-state index in [1.54, 1.807) is 12.1 Å². The highest BCUT2D eigenvalue weighted by Gasteiger charge is 2.06. The molecule has 0 bridgehead atoms. The highest BCUT2D eigenvalue weighted by atomic mass is 35.5. The Labute approximate surface area is 81.2 Å². The van der Waals surface area contributed by atoms with Crippen LogP contribution in [-0.4, -0.2) is 7.11 Å². The normalized spacial score (nSPS) is 9.17. The lowest BCUT2D eigenvalue weighted by Gasteiger charge is -2.05. The largest absolute Gasteiger partial charge is 0.494 e. The molecule has 1 nitrogen and oxygen atoms in total. The summed E-state index contributed by atoms with van der Waals surface area (Å²) in [5.74, 6) is 2.89. The Balaban J connectivity index is 3.30. The van der Waals surface area contributed by atoms with Crippen LogP contribution in [0.1, 0.15) is 5.56 Å². The summed E-state index contributed by atoms with van der Waals surface area (Å²) in [7, 11) is 1.50. The average molecular weight is 201 g/mol. The maximum absolute atomic E-state index is 5.81. The molecule has 0 radical (unpaired) electrons. The first-order chi connectivity index (χ1) is 5.69. The zero-order valence-corrected chi connectivity index (χ0v) is 7.91. The van der Waals surface area contributed by atoms with Gasteiger partial charge in [-0.1, -0.05) is 29.1 Å². The van der Waals surface area contributed by atoms with Gasteiger partial charge in [0.05, 0.1) is 17.2 Å². The van der Waals surface area contributed by atoms with Crippen LogP contribution in [0, 0.1) is 12.3 Å². The van der Waals surface area contributed by atoms with Crippen molar-refractivity contribution in [3.8, 4) is 18.1 Å². The summed E-state index contributed by atoms with van der Waals surface area (Å²) in [6.45, 7) is 0. The molecule has 0 fully saturated rings. The molecule has 12 heavy (non-hydrogen) atoms. The van der Waals surface area contributed by atoms with Crippen LogP contribution >= 0.6 is 23.2 Å². The minimum absolute atomic E-state index is 0.429. The minimum Gasteiger partial charge on any atom is -0.494 e. The number of benzene rings is 1. The second-order valence-corrected chi connectivity index (χ2v) is 2.93. The molecule has 1 aromatic carbocycles. The maximum Gasteiger partial charge on any atom is 0.156 e. The van der Waals surface area contributed by atoms with Gasteiger partial charge in [-0.2, -0.15) is 0 Å². The van der Waals surface area contributed by atoms with Gasteiger partial charge in [-0.05, 0) is 12.1 Å². The molecule has 0 atom stereocenters. The number of terminal acetylenes is 1. The second-order valence-electron chi connectivity index (χ2n) is 2.12. The fourth-order valence-corrected chi connectivity index (χ4v) is 1.48. The van der Waals surface area contributed by atoms with Gasteiger partial charge >= 0.3 is 0 Å². The standard InChI is InChI=1S/C9H6Cl2O/c1-3-6-4-7(10)9(12-2)8(11)5-6/h1,4-5H,2H3. The van der Waals surface area contributed by atoms with Crippen LogP contribution in [0.15, 0.2) is 12.1 Å². The second kappa shape index (κ2) is 3.71. The average Bonchev–Trinajstić information content (AvgIpc) is 2.03. The van der Waals surface area contributed by atoms with E-state index in [0.29, 0.717) is 21.4 Å². The maximum atomic E-state index is 5.81. The zero-order valence-electron chi connectivity index (χ0n) is 6.40. The van der Waals surface area contributed by atoms with Crippen LogP contribution in [0.5, 0.6) is 5.75 Å². The molecule has 0 spiro atoms. The summed E-state index contributed by atoms with van der Waals surface area (Å²) in [6, 6.07) is 3.26. The highest BCUT2D eigenvalue weighted by molar-refractivity contribution is 6.37. The van der Waals surface area contributed by atoms with E-state index < -0.39 is 0 Å². The lowest BCUT2D eigenvalue weighted by Crippen LogP contribution is -1.86. The summed E-state index contributed by atoms with van der Waals surface area (Å²) in [5, 5.41) is 0.857. The molecule has 0 N–H and O–H groups in total. The minimum atomic E-state index is 0.429. The molecule has 0 aliphatic rings. The Morgan fingerprint density at radius 1 is 1.33 bits per heavy atom. The monoisotopic (exact) mass is 200 g/mol. The van der Waals surface area contributed by atoms with Crippen molar-refractivity contribution in [1.82, 2.24) is 0 Å². The fraction of sp³-hybridized carbons (Fsp3) is 0.111. The molecule has 0 saturated carbocycles. The van der Waals surface area contributed by atoms with Crippen molar-refractivity contribution in [3.63, 3.8) is 0 Å². The lowest BCUT2D eigenvalue weighted by molar-refractivity contribution is 0.415. The topological polar surface area (TPSA) is 9.23 Å². The third-order valence-corrected chi connectivity index (χ3v) is 1.93. The SMILES string of the molecule is C#Cc1cc(Cl)c(OC)c(Cl)c1. The molecule has 0 heterocycles. The third-order valence-electron chi connectivity index (χ3n) is 1.37. The number of methoxy groups -OCH3 is 1.